The van der Waals surface area contributed by atoms with E-state index in [9.17, 15) is 9.59 Å². The molecule has 0 fully saturated rings. The fraction of sp³-hybridized carbons (Fsp3) is 0.192. The number of hydrogen-bond donors (Lipinski definition) is 1. The number of hydrogen-bond acceptors (Lipinski definition) is 4. The third-order valence-corrected chi connectivity index (χ3v) is 6.81. The van der Waals surface area contributed by atoms with Crippen LogP contribution >= 0.6 is 11.8 Å². The lowest BCUT2D eigenvalue weighted by Crippen LogP contribution is -2.22. The Morgan fingerprint density at radius 3 is 2.52 bits per heavy atom. The lowest BCUT2D eigenvalue weighted by Gasteiger charge is -2.14. The number of aromatic amines is 1. The summed E-state index contributed by atoms with van der Waals surface area (Å²) in [6.45, 7) is 2.71. The molecule has 3 aromatic carbocycles. The van der Waals surface area contributed by atoms with Gasteiger partial charge in [-0.1, -0.05) is 55.1 Å². The van der Waals surface area contributed by atoms with E-state index in [1.165, 1.54) is 5.56 Å². The van der Waals surface area contributed by atoms with Crippen LogP contribution in [0.1, 0.15) is 18.9 Å². The molecular formula is C26H24N4O2S. The summed E-state index contributed by atoms with van der Waals surface area (Å²) in [5.41, 5.74) is 4.31. The molecule has 2 aromatic heterocycles. The fourth-order valence-electron chi connectivity index (χ4n) is 4.03. The monoisotopic (exact) mass is 456 g/mol. The maximum atomic E-state index is 13.4. The Balaban J connectivity index is 1.43. The predicted octanol–water partition coefficient (Wildman–Crippen LogP) is 4.77. The number of thioether (sulfide) groups is 1. The number of aromatic nitrogens is 4. The van der Waals surface area contributed by atoms with Crippen molar-refractivity contribution in [2.24, 2.45) is 0 Å². The molecule has 0 saturated heterocycles. The van der Waals surface area contributed by atoms with Gasteiger partial charge in [0.25, 0.3) is 5.56 Å². The molecule has 0 radical (unpaired) electrons. The van der Waals surface area contributed by atoms with Crippen molar-refractivity contribution in [3.63, 3.8) is 0 Å². The second kappa shape index (κ2) is 9.11. The van der Waals surface area contributed by atoms with Crippen LogP contribution < -0.4 is 11.2 Å². The molecule has 0 spiro atoms. The zero-order valence-corrected chi connectivity index (χ0v) is 19.1. The van der Waals surface area contributed by atoms with Gasteiger partial charge in [-0.05, 0) is 54.8 Å². The largest absolute Gasteiger partial charge is 0.326 e. The molecule has 0 saturated carbocycles. The van der Waals surface area contributed by atoms with E-state index in [2.05, 4.69) is 24.0 Å². The molecule has 0 atom stereocenters. The summed E-state index contributed by atoms with van der Waals surface area (Å²) >= 11 is 1.54. The van der Waals surface area contributed by atoms with Gasteiger partial charge in [0, 0.05) is 12.3 Å². The number of rotatable bonds is 7. The summed E-state index contributed by atoms with van der Waals surface area (Å²) in [5, 5.41) is 1.26. The van der Waals surface area contributed by atoms with E-state index in [4.69, 9.17) is 4.98 Å². The van der Waals surface area contributed by atoms with Gasteiger partial charge in [0.2, 0.25) is 0 Å². The SMILES string of the molecule is CCc1ccc(-n2c(SCCCn3c(=O)[nH]c4ccccc43)nc3ccccc3c2=O)cc1. The topological polar surface area (TPSA) is 72.7 Å². The number of para-hydroxylation sites is 3. The summed E-state index contributed by atoms with van der Waals surface area (Å²) in [7, 11) is 0. The first-order chi connectivity index (χ1) is 16.2. The van der Waals surface area contributed by atoms with Crippen LogP contribution in [0.15, 0.2) is 87.5 Å². The zero-order valence-electron chi connectivity index (χ0n) is 18.3. The number of nitrogens with zero attached hydrogens (tertiary/aromatic N) is 3. The highest BCUT2D eigenvalue weighted by atomic mass is 32.2. The number of H-pyrrole nitrogens is 1. The van der Waals surface area contributed by atoms with Gasteiger partial charge in [0.1, 0.15) is 0 Å². The highest BCUT2D eigenvalue weighted by molar-refractivity contribution is 7.99. The maximum absolute atomic E-state index is 13.4. The summed E-state index contributed by atoms with van der Waals surface area (Å²) < 4.78 is 3.46. The molecule has 5 aromatic rings. The molecule has 166 valence electrons. The van der Waals surface area contributed by atoms with Crippen molar-refractivity contribution in [1.82, 2.24) is 19.1 Å². The van der Waals surface area contributed by atoms with E-state index >= 15 is 0 Å². The standard InChI is InChI=1S/C26H24N4O2S/c1-2-18-12-14-19(15-13-18)30-24(31)20-8-3-4-9-21(20)28-26(30)33-17-7-16-29-23-11-6-5-10-22(23)27-25(29)32/h3-6,8-15H,2,7,16-17H2,1H3,(H,27,32). The van der Waals surface area contributed by atoms with E-state index in [1.807, 2.05) is 60.7 Å². The molecule has 0 aliphatic heterocycles. The van der Waals surface area contributed by atoms with Gasteiger partial charge >= 0.3 is 5.69 Å². The summed E-state index contributed by atoms with van der Waals surface area (Å²) in [6, 6.07) is 23.2. The lowest BCUT2D eigenvalue weighted by atomic mass is 10.1. The van der Waals surface area contributed by atoms with Crippen LogP contribution in [0.3, 0.4) is 0 Å². The van der Waals surface area contributed by atoms with Crippen LogP contribution in [0.25, 0.3) is 27.6 Å². The first-order valence-corrected chi connectivity index (χ1v) is 12.1. The van der Waals surface area contributed by atoms with Crippen molar-refractivity contribution < 1.29 is 0 Å². The lowest BCUT2D eigenvalue weighted by molar-refractivity contribution is 0.678. The van der Waals surface area contributed by atoms with E-state index < -0.39 is 0 Å². The third kappa shape index (κ3) is 4.12. The van der Waals surface area contributed by atoms with Crippen molar-refractivity contribution in [3.8, 4) is 5.69 Å². The van der Waals surface area contributed by atoms with Crippen molar-refractivity contribution >= 4 is 33.7 Å². The number of fused-ring (bicyclic) bond motifs is 2. The third-order valence-electron chi connectivity index (χ3n) is 5.79. The first-order valence-electron chi connectivity index (χ1n) is 11.1. The van der Waals surface area contributed by atoms with Crippen molar-refractivity contribution in [2.45, 2.75) is 31.5 Å². The zero-order chi connectivity index (χ0) is 22.8. The molecule has 0 amide bonds. The van der Waals surface area contributed by atoms with E-state index in [0.717, 1.165) is 35.3 Å². The molecular weight excluding hydrogens is 432 g/mol. The Kier molecular flexibility index (Phi) is 5.88. The minimum Gasteiger partial charge on any atom is -0.306 e. The van der Waals surface area contributed by atoms with E-state index in [0.29, 0.717) is 22.6 Å². The molecule has 5 rings (SSSR count). The maximum Gasteiger partial charge on any atom is 0.326 e. The first kappa shape index (κ1) is 21.3. The molecule has 0 aliphatic carbocycles. The minimum absolute atomic E-state index is 0.0693. The highest BCUT2D eigenvalue weighted by Crippen LogP contribution is 2.23. The Labute approximate surface area is 194 Å². The van der Waals surface area contributed by atoms with Crippen LogP contribution in [-0.2, 0) is 13.0 Å². The van der Waals surface area contributed by atoms with Gasteiger partial charge in [0.15, 0.2) is 5.16 Å². The summed E-state index contributed by atoms with van der Waals surface area (Å²) in [5.74, 6) is 0.726. The summed E-state index contributed by atoms with van der Waals surface area (Å²) in [6.07, 6.45) is 1.71. The molecule has 0 aliphatic rings. The molecule has 33 heavy (non-hydrogen) atoms. The molecule has 0 unspecified atom stereocenters. The van der Waals surface area contributed by atoms with Crippen LogP contribution in [-0.4, -0.2) is 24.9 Å². The predicted molar refractivity (Wildman–Crippen MR) is 135 cm³/mol. The van der Waals surface area contributed by atoms with Crippen molar-refractivity contribution in [1.29, 1.82) is 0 Å². The molecule has 6 nitrogen and oxygen atoms in total. The van der Waals surface area contributed by atoms with Gasteiger partial charge in [-0.25, -0.2) is 9.78 Å². The van der Waals surface area contributed by atoms with Gasteiger partial charge in [-0.2, -0.15) is 0 Å². The van der Waals surface area contributed by atoms with E-state index in [-0.39, 0.29) is 11.2 Å². The van der Waals surface area contributed by atoms with Crippen molar-refractivity contribution in [2.75, 3.05) is 5.75 Å². The van der Waals surface area contributed by atoms with Crippen LogP contribution in [0.5, 0.6) is 0 Å². The average molecular weight is 457 g/mol. The van der Waals surface area contributed by atoms with Gasteiger partial charge in [-0.15, -0.1) is 0 Å². The highest BCUT2D eigenvalue weighted by Gasteiger charge is 2.13. The van der Waals surface area contributed by atoms with Gasteiger partial charge in [0.05, 0.1) is 27.6 Å². The Morgan fingerprint density at radius 2 is 1.70 bits per heavy atom. The second-order valence-electron chi connectivity index (χ2n) is 7.87. The van der Waals surface area contributed by atoms with E-state index in [1.54, 1.807) is 20.9 Å². The van der Waals surface area contributed by atoms with Gasteiger partial charge < -0.3 is 4.98 Å². The molecule has 2 heterocycles. The molecule has 7 heteroatoms. The Morgan fingerprint density at radius 1 is 0.939 bits per heavy atom. The summed E-state index contributed by atoms with van der Waals surface area (Å²) in [4.78, 5) is 33.4. The molecule has 1 N–H and O–H groups in total. The number of imidazole rings is 1. The number of aryl methyl sites for hydroxylation is 2. The van der Waals surface area contributed by atoms with Crippen LogP contribution in [0.4, 0.5) is 0 Å². The smallest absolute Gasteiger partial charge is 0.306 e. The minimum atomic E-state index is -0.0991. The van der Waals surface area contributed by atoms with Crippen LogP contribution in [0, 0.1) is 0 Å². The molecule has 0 bridgehead atoms. The van der Waals surface area contributed by atoms with Crippen LogP contribution in [0.2, 0.25) is 0 Å². The van der Waals surface area contributed by atoms with Gasteiger partial charge in [-0.3, -0.25) is 13.9 Å². The number of benzene rings is 3. The average Bonchev–Trinajstić information content (AvgIpc) is 3.17. The quantitative estimate of drug-likeness (QED) is 0.217. The normalized spacial score (nSPS) is 11.4. The Hall–Kier alpha value is -3.58. The number of nitrogens with one attached hydrogen (secondary N) is 1. The fourth-order valence-corrected chi connectivity index (χ4v) is 4.97. The second-order valence-corrected chi connectivity index (χ2v) is 8.94. The Bertz CT molecular complexity index is 1550. The van der Waals surface area contributed by atoms with Crippen molar-refractivity contribution in [3.05, 3.63) is 99.2 Å².